The molecule has 0 bridgehead atoms. The summed E-state index contributed by atoms with van der Waals surface area (Å²) in [5.74, 6) is 0.197. The predicted molar refractivity (Wildman–Crippen MR) is 168 cm³/mol. The molecule has 0 radical (unpaired) electrons. The molecule has 1 nitrogen and oxygen atoms in total. The van der Waals surface area contributed by atoms with Crippen molar-refractivity contribution in [2.45, 2.75) is 105 Å². The van der Waals surface area contributed by atoms with Crippen molar-refractivity contribution in [1.29, 1.82) is 0 Å². The van der Waals surface area contributed by atoms with Gasteiger partial charge in [-0.3, -0.25) is 0 Å². The Morgan fingerprint density at radius 1 is 1.10 bits per heavy atom. The molecule has 0 amide bonds. The molecular formula is C36H57F2N. The summed E-state index contributed by atoms with van der Waals surface area (Å²) in [5, 5.41) is 0. The highest BCUT2D eigenvalue weighted by atomic mass is 19.1. The molecular weight excluding hydrogens is 484 g/mol. The minimum atomic E-state index is -0.499. The van der Waals surface area contributed by atoms with Crippen LogP contribution in [0, 0.1) is 28.4 Å². The molecule has 1 aliphatic heterocycles. The molecule has 1 saturated carbocycles. The summed E-state index contributed by atoms with van der Waals surface area (Å²) in [4.78, 5) is 2.49. The zero-order chi connectivity index (χ0) is 29.6. The zero-order valence-electron chi connectivity index (χ0n) is 26.2. The number of piperidine rings is 1. The molecule has 0 aromatic heterocycles. The summed E-state index contributed by atoms with van der Waals surface area (Å²) in [6.07, 6.45) is 18.1. The molecule has 1 aromatic rings. The maximum atomic E-state index is 13.7. The Bertz CT molecular complexity index is 924. The molecule has 1 saturated heterocycles. The standard InChI is InChI=1S/C16H24F2.C14H21N.C4H8.C2H4/c1-5-12(7-6-10-16(2,3)4)14-9-8-13(17)11-15(14)18;1-15-10-8-14(9-11-15)7-6-12-4-2-3-5-13(12)14;1-4(2)3;1-2/h8-9,11-12H,5-7,10H2,1-4H3;2-4,13H,5-11H2,1H3;1H2,2-3H3;1-2H2. The van der Waals surface area contributed by atoms with E-state index < -0.39 is 11.6 Å². The van der Waals surface area contributed by atoms with Gasteiger partial charge in [0.05, 0.1) is 0 Å². The Morgan fingerprint density at radius 2 is 1.72 bits per heavy atom. The lowest BCUT2D eigenvalue weighted by Gasteiger charge is -2.42. The molecule has 1 spiro atoms. The number of nitrogens with zero attached hydrogens (tertiary/aromatic N) is 1. The molecule has 0 N–H and O–H groups in total. The second-order valence-corrected chi connectivity index (χ2v) is 13.1. The smallest absolute Gasteiger partial charge is 0.129 e. The lowest BCUT2D eigenvalue weighted by atomic mass is 9.68. The third-order valence-corrected chi connectivity index (χ3v) is 8.27. The molecule has 4 rings (SSSR count). The molecule has 2 unspecified atom stereocenters. The van der Waals surface area contributed by atoms with Gasteiger partial charge in [-0.05, 0) is 120 Å². The van der Waals surface area contributed by atoms with Gasteiger partial charge in [-0.25, -0.2) is 8.78 Å². The first kappa shape index (κ1) is 35.0. The van der Waals surface area contributed by atoms with E-state index in [1.54, 1.807) is 11.6 Å². The predicted octanol–water partition coefficient (Wildman–Crippen LogP) is 11.1. The fourth-order valence-electron chi connectivity index (χ4n) is 6.10. The quantitative estimate of drug-likeness (QED) is 0.335. The number of allylic oxidation sites excluding steroid dienone is 5. The molecule has 220 valence electrons. The third-order valence-electron chi connectivity index (χ3n) is 8.27. The van der Waals surface area contributed by atoms with Gasteiger partial charge in [-0.1, -0.05) is 69.6 Å². The van der Waals surface area contributed by atoms with E-state index in [9.17, 15) is 8.78 Å². The van der Waals surface area contributed by atoms with Crippen LogP contribution in [-0.2, 0) is 0 Å². The van der Waals surface area contributed by atoms with Crippen LogP contribution in [0.25, 0.3) is 0 Å². The number of benzene rings is 1. The Balaban J connectivity index is 0.000000327. The minimum Gasteiger partial charge on any atom is -0.306 e. The molecule has 2 aliphatic carbocycles. The second kappa shape index (κ2) is 17.0. The average Bonchev–Trinajstić information content (AvgIpc) is 3.23. The Morgan fingerprint density at radius 3 is 2.26 bits per heavy atom. The summed E-state index contributed by atoms with van der Waals surface area (Å²) in [5.41, 5.74) is 4.58. The summed E-state index contributed by atoms with van der Waals surface area (Å²) in [6, 6.07) is 3.93. The van der Waals surface area contributed by atoms with Gasteiger partial charge in [0.2, 0.25) is 0 Å². The van der Waals surface area contributed by atoms with E-state index in [4.69, 9.17) is 0 Å². The fourth-order valence-corrected chi connectivity index (χ4v) is 6.10. The van der Waals surface area contributed by atoms with E-state index in [0.29, 0.717) is 16.4 Å². The van der Waals surface area contributed by atoms with E-state index >= 15 is 0 Å². The first-order chi connectivity index (χ1) is 18.4. The van der Waals surface area contributed by atoms with Gasteiger partial charge in [0, 0.05) is 6.07 Å². The van der Waals surface area contributed by atoms with E-state index in [0.717, 1.165) is 37.7 Å². The maximum Gasteiger partial charge on any atom is 0.129 e. The normalized spacial score (nSPS) is 20.2. The highest BCUT2D eigenvalue weighted by Crippen LogP contribution is 2.55. The number of hydrogen-bond acceptors (Lipinski definition) is 1. The number of fused-ring (bicyclic) bond motifs is 2. The summed E-state index contributed by atoms with van der Waals surface area (Å²) in [7, 11) is 2.26. The average molecular weight is 542 g/mol. The Labute approximate surface area is 240 Å². The van der Waals surface area contributed by atoms with Crippen LogP contribution in [0.3, 0.4) is 0 Å². The second-order valence-electron chi connectivity index (χ2n) is 13.1. The SMILES string of the molecule is C=C.C=C(C)C.CCC(CCCC(C)(C)C)c1ccc(F)cc1F.CN1CCC2(CCC3=CC=CCC32)CC1. The van der Waals surface area contributed by atoms with Crippen LogP contribution in [0.2, 0.25) is 0 Å². The van der Waals surface area contributed by atoms with Crippen molar-refractivity contribution >= 4 is 0 Å². The van der Waals surface area contributed by atoms with Crippen molar-refractivity contribution in [3.05, 3.63) is 84.5 Å². The topological polar surface area (TPSA) is 3.24 Å². The van der Waals surface area contributed by atoms with Gasteiger partial charge in [0.1, 0.15) is 11.6 Å². The first-order valence-electron chi connectivity index (χ1n) is 15.0. The van der Waals surface area contributed by atoms with Crippen molar-refractivity contribution < 1.29 is 8.78 Å². The number of halogens is 2. The van der Waals surface area contributed by atoms with Crippen LogP contribution in [0.1, 0.15) is 111 Å². The van der Waals surface area contributed by atoms with Crippen molar-refractivity contribution in [2.75, 3.05) is 20.1 Å². The molecule has 1 heterocycles. The maximum absolute atomic E-state index is 13.7. The van der Waals surface area contributed by atoms with E-state index in [2.05, 4.69) is 77.6 Å². The lowest BCUT2D eigenvalue weighted by Crippen LogP contribution is -2.40. The van der Waals surface area contributed by atoms with Crippen LogP contribution in [0.15, 0.2) is 67.3 Å². The lowest BCUT2D eigenvalue weighted by molar-refractivity contribution is 0.0902. The van der Waals surface area contributed by atoms with Gasteiger partial charge in [-0.2, -0.15) is 0 Å². The Hall–Kier alpha value is -2.00. The van der Waals surface area contributed by atoms with Crippen molar-refractivity contribution in [3.8, 4) is 0 Å². The van der Waals surface area contributed by atoms with Gasteiger partial charge >= 0.3 is 0 Å². The molecule has 2 fully saturated rings. The number of likely N-dealkylation sites (tertiary alicyclic amines) is 1. The van der Waals surface area contributed by atoms with E-state index in [1.807, 2.05) is 13.8 Å². The van der Waals surface area contributed by atoms with Crippen molar-refractivity contribution in [2.24, 2.45) is 16.7 Å². The van der Waals surface area contributed by atoms with Crippen LogP contribution in [-0.4, -0.2) is 25.0 Å². The van der Waals surface area contributed by atoms with Crippen LogP contribution in [0.5, 0.6) is 0 Å². The molecule has 39 heavy (non-hydrogen) atoms. The van der Waals surface area contributed by atoms with Gasteiger partial charge in [0.15, 0.2) is 0 Å². The summed E-state index contributed by atoms with van der Waals surface area (Å²) < 4.78 is 26.6. The van der Waals surface area contributed by atoms with Gasteiger partial charge in [0.25, 0.3) is 0 Å². The fraction of sp³-hybridized carbons (Fsp3) is 0.611. The first-order valence-corrected chi connectivity index (χ1v) is 15.0. The van der Waals surface area contributed by atoms with Crippen LogP contribution < -0.4 is 0 Å². The largest absolute Gasteiger partial charge is 0.306 e. The van der Waals surface area contributed by atoms with E-state index in [-0.39, 0.29) is 5.92 Å². The molecule has 1 aromatic carbocycles. The van der Waals surface area contributed by atoms with Gasteiger partial charge in [-0.15, -0.1) is 19.7 Å². The molecule has 2 atom stereocenters. The minimum absolute atomic E-state index is 0.202. The molecule has 3 aliphatic rings. The van der Waals surface area contributed by atoms with Crippen LogP contribution in [0.4, 0.5) is 8.78 Å². The number of rotatable bonds is 5. The zero-order valence-corrected chi connectivity index (χ0v) is 26.2. The van der Waals surface area contributed by atoms with Gasteiger partial charge < -0.3 is 4.90 Å². The van der Waals surface area contributed by atoms with Crippen LogP contribution >= 0.6 is 0 Å². The van der Waals surface area contributed by atoms with Crippen molar-refractivity contribution in [1.82, 2.24) is 4.90 Å². The summed E-state index contributed by atoms with van der Waals surface area (Å²) >= 11 is 0. The van der Waals surface area contributed by atoms with Crippen molar-refractivity contribution in [3.63, 3.8) is 0 Å². The summed E-state index contributed by atoms with van der Waals surface area (Å²) in [6.45, 7) is 24.8. The Kier molecular flexibility index (Phi) is 15.2. The molecule has 3 heteroatoms. The monoisotopic (exact) mass is 541 g/mol. The van der Waals surface area contributed by atoms with E-state index in [1.165, 1.54) is 56.8 Å². The highest BCUT2D eigenvalue weighted by molar-refractivity contribution is 5.28. The highest BCUT2D eigenvalue weighted by Gasteiger charge is 2.46. The number of hydrogen-bond donors (Lipinski definition) is 0. The third kappa shape index (κ3) is 12.0.